The fourth-order valence-electron chi connectivity index (χ4n) is 6.14. The molecule has 0 unspecified atom stereocenters. The van der Waals surface area contributed by atoms with Gasteiger partial charge in [0, 0.05) is 50.1 Å². The highest BCUT2D eigenvalue weighted by Gasteiger charge is 2.36. The number of hydrogen-bond acceptors (Lipinski definition) is 6. The molecule has 1 aliphatic heterocycles. The molecule has 0 radical (unpaired) electrons. The Hall–Kier alpha value is -1.94. The van der Waals surface area contributed by atoms with Gasteiger partial charge in [-0.15, -0.1) is 0 Å². The molecule has 39 heavy (non-hydrogen) atoms. The third-order valence-corrected chi connectivity index (χ3v) is 8.73. The van der Waals surface area contributed by atoms with Crippen molar-refractivity contribution in [3.63, 3.8) is 0 Å². The lowest BCUT2D eigenvalue weighted by Gasteiger charge is -2.37. The predicted octanol–water partition coefficient (Wildman–Crippen LogP) is 4.92. The molecule has 10 heteroatoms. The molecule has 3 fully saturated rings. The highest BCUT2D eigenvalue weighted by atomic mass is 19.4. The third-order valence-electron chi connectivity index (χ3n) is 8.73. The second-order valence-corrected chi connectivity index (χ2v) is 13.0. The van der Waals surface area contributed by atoms with Crippen molar-refractivity contribution in [2.45, 2.75) is 109 Å². The summed E-state index contributed by atoms with van der Waals surface area (Å²) in [6, 6.07) is 1.36. The number of hydrogen-bond donors (Lipinski definition) is 2. The van der Waals surface area contributed by atoms with Crippen molar-refractivity contribution in [3.05, 3.63) is 17.6 Å². The number of nitrogens with one attached hydrogen (secondary N) is 1. The lowest BCUT2D eigenvalue weighted by atomic mass is 9.83. The second kappa shape index (κ2) is 12.7. The Labute approximate surface area is 230 Å². The summed E-state index contributed by atoms with van der Waals surface area (Å²) in [5.74, 6) is 1.81. The van der Waals surface area contributed by atoms with Gasteiger partial charge in [0.05, 0.1) is 6.10 Å². The Morgan fingerprint density at radius 2 is 1.56 bits per heavy atom. The fourth-order valence-corrected chi connectivity index (χ4v) is 6.14. The lowest BCUT2D eigenvalue weighted by molar-refractivity contribution is -0.141. The number of carbonyl (C=O) groups is 1. The molecule has 0 spiro atoms. The Bertz CT molecular complexity index is 911. The van der Waals surface area contributed by atoms with Crippen LogP contribution in [0.15, 0.2) is 6.07 Å². The molecule has 2 saturated carbocycles. The first-order valence-electron chi connectivity index (χ1n) is 14.8. The van der Waals surface area contributed by atoms with E-state index in [-0.39, 0.29) is 23.9 Å². The summed E-state index contributed by atoms with van der Waals surface area (Å²) in [7, 11) is 0. The van der Waals surface area contributed by atoms with Crippen molar-refractivity contribution in [1.29, 1.82) is 0 Å². The molecule has 0 atom stereocenters. The van der Waals surface area contributed by atoms with Gasteiger partial charge in [0.2, 0.25) is 5.91 Å². The van der Waals surface area contributed by atoms with Crippen LogP contribution in [0, 0.1) is 11.8 Å². The van der Waals surface area contributed by atoms with Crippen molar-refractivity contribution in [2.24, 2.45) is 11.8 Å². The summed E-state index contributed by atoms with van der Waals surface area (Å²) in [6.07, 6.45) is 4.84. The Morgan fingerprint density at radius 1 is 0.949 bits per heavy atom. The van der Waals surface area contributed by atoms with E-state index in [2.05, 4.69) is 20.2 Å². The summed E-state index contributed by atoms with van der Waals surface area (Å²) in [4.78, 5) is 25.2. The summed E-state index contributed by atoms with van der Waals surface area (Å²) >= 11 is 0. The molecule has 2 aliphatic carbocycles. The number of rotatable bonds is 7. The minimum atomic E-state index is -4.50. The zero-order chi connectivity index (χ0) is 28.2. The molecule has 7 nitrogen and oxygen atoms in total. The van der Waals surface area contributed by atoms with Crippen LogP contribution >= 0.6 is 0 Å². The molecule has 0 aromatic carbocycles. The Morgan fingerprint density at radius 3 is 2.15 bits per heavy atom. The van der Waals surface area contributed by atoms with Gasteiger partial charge in [-0.2, -0.15) is 13.2 Å². The van der Waals surface area contributed by atoms with Crippen LogP contribution < -0.4 is 10.2 Å². The maximum absolute atomic E-state index is 13.5. The molecule has 1 amide bonds. The van der Waals surface area contributed by atoms with Crippen LogP contribution in [0.4, 0.5) is 19.0 Å². The number of carbonyl (C=O) groups excluding carboxylic acids is 1. The third kappa shape index (κ3) is 8.77. The molecular formula is C29H46F3N5O2. The number of nitrogens with zero attached hydrogens (tertiary/aromatic N) is 4. The highest BCUT2D eigenvalue weighted by Crippen LogP contribution is 2.33. The number of halogens is 3. The lowest BCUT2D eigenvalue weighted by Crippen LogP contribution is -2.47. The molecule has 3 aliphatic rings. The first kappa shape index (κ1) is 30.0. The van der Waals surface area contributed by atoms with Crippen molar-refractivity contribution in [3.8, 4) is 0 Å². The van der Waals surface area contributed by atoms with Crippen LogP contribution in [0.25, 0.3) is 0 Å². The van der Waals surface area contributed by atoms with Crippen LogP contribution in [-0.4, -0.2) is 70.8 Å². The first-order valence-corrected chi connectivity index (χ1v) is 14.8. The van der Waals surface area contributed by atoms with Gasteiger partial charge in [-0.1, -0.05) is 20.8 Å². The van der Waals surface area contributed by atoms with Gasteiger partial charge in [-0.25, -0.2) is 9.97 Å². The summed E-state index contributed by atoms with van der Waals surface area (Å²) in [6.45, 7) is 9.39. The highest BCUT2D eigenvalue weighted by molar-refractivity contribution is 5.76. The SMILES string of the molecule is CC(C)(C)c1nc(N2CCN(CCC3CCC(NC(=O)CC4CCC(O)CC4)CC3)CC2)cc(C(F)(F)F)n1. The van der Waals surface area contributed by atoms with Gasteiger partial charge in [0.15, 0.2) is 0 Å². The van der Waals surface area contributed by atoms with Gasteiger partial charge in [-0.05, 0) is 76.2 Å². The number of aliphatic hydroxyl groups is 1. The normalized spacial score (nSPS) is 27.4. The minimum Gasteiger partial charge on any atom is -0.393 e. The maximum Gasteiger partial charge on any atom is 0.433 e. The molecule has 220 valence electrons. The van der Waals surface area contributed by atoms with Gasteiger partial charge in [0.1, 0.15) is 17.3 Å². The Kier molecular flexibility index (Phi) is 9.78. The largest absolute Gasteiger partial charge is 0.433 e. The van der Waals surface area contributed by atoms with Gasteiger partial charge in [0.25, 0.3) is 0 Å². The van der Waals surface area contributed by atoms with E-state index in [9.17, 15) is 23.1 Å². The first-order chi connectivity index (χ1) is 18.4. The van der Waals surface area contributed by atoms with Crippen LogP contribution in [-0.2, 0) is 16.4 Å². The molecule has 4 rings (SSSR count). The number of amides is 1. The van der Waals surface area contributed by atoms with E-state index in [1.807, 2.05) is 25.7 Å². The van der Waals surface area contributed by atoms with E-state index in [0.29, 0.717) is 37.2 Å². The van der Waals surface area contributed by atoms with E-state index >= 15 is 0 Å². The smallest absolute Gasteiger partial charge is 0.393 e. The topological polar surface area (TPSA) is 81.6 Å². The monoisotopic (exact) mass is 553 g/mol. The average molecular weight is 554 g/mol. The van der Waals surface area contributed by atoms with Crippen LogP contribution in [0.1, 0.15) is 96.5 Å². The molecule has 1 aromatic heterocycles. The van der Waals surface area contributed by atoms with Crippen molar-refractivity contribution < 1.29 is 23.1 Å². The number of aromatic nitrogens is 2. The summed E-state index contributed by atoms with van der Waals surface area (Å²) in [5, 5.41) is 12.9. The van der Waals surface area contributed by atoms with E-state index in [4.69, 9.17) is 0 Å². The maximum atomic E-state index is 13.5. The van der Waals surface area contributed by atoms with Crippen LogP contribution in [0.3, 0.4) is 0 Å². The van der Waals surface area contributed by atoms with Gasteiger partial charge in [-0.3, -0.25) is 9.69 Å². The van der Waals surface area contributed by atoms with E-state index < -0.39 is 17.3 Å². The molecular weight excluding hydrogens is 507 g/mol. The predicted molar refractivity (Wildman–Crippen MR) is 145 cm³/mol. The van der Waals surface area contributed by atoms with Crippen molar-refractivity contribution in [1.82, 2.24) is 20.2 Å². The van der Waals surface area contributed by atoms with E-state index in [1.54, 1.807) is 0 Å². The molecule has 2 heterocycles. The van der Waals surface area contributed by atoms with Crippen LogP contribution in [0.5, 0.6) is 0 Å². The fraction of sp³-hybridized carbons (Fsp3) is 0.828. The summed E-state index contributed by atoms with van der Waals surface area (Å²) in [5.41, 5.74) is -1.44. The zero-order valence-electron chi connectivity index (χ0n) is 23.8. The molecule has 1 saturated heterocycles. The quantitative estimate of drug-likeness (QED) is 0.499. The van der Waals surface area contributed by atoms with Gasteiger partial charge < -0.3 is 15.3 Å². The van der Waals surface area contributed by atoms with Crippen molar-refractivity contribution in [2.75, 3.05) is 37.6 Å². The zero-order valence-corrected chi connectivity index (χ0v) is 23.8. The number of alkyl halides is 3. The van der Waals surface area contributed by atoms with Crippen LogP contribution in [0.2, 0.25) is 0 Å². The average Bonchev–Trinajstić information content (AvgIpc) is 2.88. The number of anilines is 1. The summed E-state index contributed by atoms with van der Waals surface area (Å²) < 4.78 is 40.5. The van der Waals surface area contributed by atoms with E-state index in [0.717, 1.165) is 83.5 Å². The van der Waals surface area contributed by atoms with E-state index in [1.165, 1.54) is 0 Å². The van der Waals surface area contributed by atoms with Crippen molar-refractivity contribution >= 4 is 11.7 Å². The van der Waals surface area contributed by atoms with Gasteiger partial charge >= 0.3 is 6.18 Å². The standard InChI is InChI=1S/C29H46F3N5O2/c1-28(2,3)27-34-24(29(30,31)32)19-25(35-27)37-16-14-36(15-17-37)13-12-20-4-8-22(9-5-20)33-26(39)18-21-6-10-23(38)11-7-21/h19-23,38H,4-18H2,1-3H3,(H,33,39). The molecule has 1 aromatic rings. The second-order valence-electron chi connectivity index (χ2n) is 13.0. The number of piperazine rings is 1. The Balaban J connectivity index is 1.17. The number of aliphatic hydroxyl groups excluding tert-OH is 1. The molecule has 0 bridgehead atoms. The molecule has 2 N–H and O–H groups in total. The minimum absolute atomic E-state index is 0.165.